The molecule has 1 amide bonds. The maximum absolute atomic E-state index is 12.3. The Labute approximate surface area is 160 Å². The van der Waals surface area contributed by atoms with E-state index in [0.29, 0.717) is 15.9 Å². The first-order valence-electron chi connectivity index (χ1n) is 8.16. The molecular weight excluding hydrogens is 392 g/mol. The number of nitrogens with zero attached hydrogens (tertiary/aromatic N) is 2. The second-order valence-electron chi connectivity index (χ2n) is 6.18. The first-order valence-corrected chi connectivity index (χ1v) is 11.7. The van der Waals surface area contributed by atoms with Crippen LogP contribution in [0.3, 0.4) is 0 Å². The number of hydrogen-bond donors (Lipinski definition) is 2. The summed E-state index contributed by atoms with van der Waals surface area (Å²) in [6.07, 6.45) is 0.481. The van der Waals surface area contributed by atoms with Crippen LogP contribution in [0.1, 0.15) is 18.9 Å². The third-order valence-electron chi connectivity index (χ3n) is 4.02. The van der Waals surface area contributed by atoms with Crippen LogP contribution in [0.4, 0.5) is 10.8 Å². The van der Waals surface area contributed by atoms with E-state index in [-0.39, 0.29) is 28.7 Å². The van der Waals surface area contributed by atoms with Crippen LogP contribution in [0, 0.1) is 6.92 Å². The SMILES string of the molecule is Cc1ccccc1Nc1nnc(S[C@@H](C)C(=O)N[C@H]2CCS(=O)(=O)C2)s1. The van der Waals surface area contributed by atoms with Crippen molar-refractivity contribution in [2.45, 2.75) is 35.9 Å². The Bertz CT molecular complexity index is 898. The van der Waals surface area contributed by atoms with Crippen LogP contribution in [0.15, 0.2) is 28.6 Å². The molecule has 1 aromatic carbocycles. The van der Waals surface area contributed by atoms with Gasteiger partial charge in [-0.3, -0.25) is 4.79 Å². The Hall–Kier alpha value is -1.65. The number of nitrogens with one attached hydrogen (secondary N) is 2. The number of benzene rings is 1. The Morgan fingerprint density at radius 3 is 2.81 bits per heavy atom. The smallest absolute Gasteiger partial charge is 0.233 e. The molecule has 0 unspecified atom stereocenters. The van der Waals surface area contributed by atoms with E-state index in [1.165, 1.54) is 23.1 Å². The fourth-order valence-electron chi connectivity index (χ4n) is 2.57. The normalized spacial score (nSPS) is 19.8. The number of aromatic nitrogens is 2. The average Bonchev–Trinajstić information content (AvgIpc) is 3.15. The molecule has 1 fully saturated rings. The topological polar surface area (TPSA) is 101 Å². The van der Waals surface area contributed by atoms with E-state index in [2.05, 4.69) is 20.8 Å². The summed E-state index contributed by atoms with van der Waals surface area (Å²) < 4.78 is 23.6. The Balaban J connectivity index is 1.55. The molecule has 3 rings (SSSR count). The number of hydrogen-bond acceptors (Lipinski definition) is 8. The van der Waals surface area contributed by atoms with Crippen LogP contribution in [0.2, 0.25) is 0 Å². The highest BCUT2D eigenvalue weighted by Crippen LogP contribution is 2.31. The van der Waals surface area contributed by atoms with Crippen LogP contribution in [0.5, 0.6) is 0 Å². The number of thioether (sulfide) groups is 1. The van der Waals surface area contributed by atoms with E-state index in [1.54, 1.807) is 6.92 Å². The summed E-state index contributed by atoms with van der Waals surface area (Å²) in [4.78, 5) is 12.3. The average molecular weight is 413 g/mol. The number of amides is 1. The summed E-state index contributed by atoms with van der Waals surface area (Å²) in [6, 6.07) is 7.60. The lowest BCUT2D eigenvalue weighted by Crippen LogP contribution is -2.39. The van der Waals surface area contributed by atoms with Crippen LogP contribution >= 0.6 is 23.1 Å². The minimum atomic E-state index is -3.01. The van der Waals surface area contributed by atoms with Gasteiger partial charge in [-0.05, 0) is 31.9 Å². The second kappa shape index (κ2) is 7.93. The van der Waals surface area contributed by atoms with Gasteiger partial charge in [-0.25, -0.2) is 8.42 Å². The van der Waals surface area contributed by atoms with Crippen molar-refractivity contribution in [3.8, 4) is 0 Å². The van der Waals surface area contributed by atoms with Gasteiger partial charge in [0.05, 0.1) is 16.8 Å². The summed E-state index contributed by atoms with van der Waals surface area (Å²) in [5.41, 5.74) is 2.07. The predicted molar refractivity (Wildman–Crippen MR) is 105 cm³/mol. The Kier molecular flexibility index (Phi) is 5.83. The van der Waals surface area contributed by atoms with Crippen molar-refractivity contribution in [2.75, 3.05) is 16.8 Å². The second-order valence-corrected chi connectivity index (χ2v) is 11.0. The molecule has 0 saturated carbocycles. The van der Waals surface area contributed by atoms with E-state index in [1.807, 2.05) is 31.2 Å². The van der Waals surface area contributed by atoms with E-state index in [9.17, 15) is 13.2 Å². The zero-order chi connectivity index (χ0) is 18.7. The highest BCUT2D eigenvalue weighted by Gasteiger charge is 2.30. The minimum absolute atomic E-state index is 0.0272. The summed E-state index contributed by atoms with van der Waals surface area (Å²) in [5.74, 6) is -0.0100. The molecule has 0 aliphatic carbocycles. The molecular formula is C16H20N4O3S3. The van der Waals surface area contributed by atoms with Gasteiger partial charge in [-0.15, -0.1) is 10.2 Å². The predicted octanol–water partition coefficient (Wildman–Crippen LogP) is 2.37. The Morgan fingerprint density at radius 1 is 1.35 bits per heavy atom. The van der Waals surface area contributed by atoms with Crippen molar-refractivity contribution in [1.82, 2.24) is 15.5 Å². The number of rotatable bonds is 6. The molecule has 1 aromatic heterocycles. The van der Waals surface area contributed by atoms with Crippen molar-refractivity contribution >= 4 is 49.7 Å². The minimum Gasteiger partial charge on any atom is -0.351 e. The first kappa shape index (κ1) is 19.1. The monoisotopic (exact) mass is 412 g/mol. The first-order chi connectivity index (χ1) is 12.3. The number of anilines is 2. The molecule has 140 valence electrons. The standard InChI is InChI=1S/C16H20N4O3S3/c1-10-5-3-4-6-13(10)18-15-19-20-16(25-15)24-11(2)14(21)17-12-7-8-26(22,23)9-12/h3-6,11-12H,7-9H2,1-2H3,(H,17,21)(H,18,19)/t11-,12-/m0/s1. The third-order valence-corrected chi connectivity index (χ3v) is 7.81. The van der Waals surface area contributed by atoms with Gasteiger partial charge in [-0.1, -0.05) is 41.3 Å². The van der Waals surface area contributed by atoms with Gasteiger partial charge < -0.3 is 10.6 Å². The number of aryl methyl sites for hydroxylation is 1. The highest BCUT2D eigenvalue weighted by molar-refractivity contribution is 8.02. The molecule has 2 N–H and O–H groups in total. The van der Waals surface area contributed by atoms with Gasteiger partial charge in [-0.2, -0.15) is 0 Å². The number of sulfone groups is 1. The molecule has 1 saturated heterocycles. The maximum atomic E-state index is 12.3. The fraction of sp³-hybridized carbons (Fsp3) is 0.438. The molecule has 2 aromatic rings. The lowest BCUT2D eigenvalue weighted by molar-refractivity contribution is -0.120. The summed E-state index contributed by atoms with van der Waals surface area (Å²) in [7, 11) is -3.01. The number of para-hydroxylation sites is 1. The summed E-state index contributed by atoms with van der Waals surface area (Å²) in [6.45, 7) is 3.79. The van der Waals surface area contributed by atoms with E-state index in [0.717, 1.165) is 11.3 Å². The molecule has 2 atom stereocenters. The molecule has 7 nitrogen and oxygen atoms in total. The molecule has 0 bridgehead atoms. The molecule has 1 aliphatic rings. The molecule has 10 heteroatoms. The molecule has 2 heterocycles. The highest BCUT2D eigenvalue weighted by atomic mass is 32.2. The van der Waals surface area contributed by atoms with Gasteiger partial charge in [0.15, 0.2) is 14.2 Å². The zero-order valence-electron chi connectivity index (χ0n) is 14.4. The van der Waals surface area contributed by atoms with Crippen molar-refractivity contribution in [3.05, 3.63) is 29.8 Å². The van der Waals surface area contributed by atoms with E-state index in [4.69, 9.17) is 0 Å². The fourth-order valence-corrected chi connectivity index (χ4v) is 6.16. The lowest BCUT2D eigenvalue weighted by atomic mass is 10.2. The van der Waals surface area contributed by atoms with Gasteiger partial charge in [0.25, 0.3) is 0 Å². The molecule has 0 radical (unpaired) electrons. The number of carbonyl (C=O) groups excluding carboxylic acids is 1. The van der Waals surface area contributed by atoms with Gasteiger partial charge >= 0.3 is 0 Å². The van der Waals surface area contributed by atoms with Crippen molar-refractivity contribution in [2.24, 2.45) is 0 Å². The largest absolute Gasteiger partial charge is 0.351 e. The summed E-state index contributed by atoms with van der Waals surface area (Å²) in [5, 5.41) is 14.5. The quantitative estimate of drug-likeness (QED) is 0.703. The van der Waals surface area contributed by atoms with Crippen LogP contribution in [-0.4, -0.2) is 47.3 Å². The number of carbonyl (C=O) groups is 1. The van der Waals surface area contributed by atoms with Gasteiger partial charge in [0.1, 0.15) is 0 Å². The Morgan fingerprint density at radius 2 is 2.12 bits per heavy atom. The van der Waals surface area contributed by atoms with Crippen LogP contribution in [-0.2, 0) is 14.6 Å². The van der Waals surface area contributed by atoms with Gasteiger partial charge in [0, 0.05) is 11.7 Å². The van der Waals surface area contributed by atoms with E-state index >= 15 is 0 Å². The summed E-state index contributed by atoms with van der Waals surface area (Å²) >= 11 is 2.69. The van der Waals surface area contributed by atoms with Crippen molar-refractivity contribution in [3.63, 3.8) is 0 Å². The molecule has 1 aliphatic heterocycles. The van der Waals surface area contributed by atoms with Crippen molar-refractivity contribution in [1.29, 1.82) is 0 Å². The molecule has 0 spiro atoms. The molecule has 26 heavy (non-hydrogen) atoms. The van der Waals surface area contributed by atoms with Crippen LogP contribution < -0.4 is 10.6 Å². The van der Waals surface area contributed by atoms with Crippen molar-refractivity contribution < 1.29 is 13.2 Å². The lowest BCUT2D eigenvalue weighted by Gasteiger charge is -2.14. The van der Waals surface area contributed by atoms with Crippen LogP contribution in [0.25, 0.3) is 0 Å². The van der Waals surface area contributed by atoms with Gasteiger partial charge in [0.2, 0.25) is 11.0 Å². The van der Waals surface area contributed by atoms with E-state index < -0.39 is 9.84 Å². The maximum Gasteiger partial charge on any atom is 0.233 e. The zero-order valence-corrected chi connectivity index (χ0v) is 16.9. The third kappa shape index (κ3) is 4.95.